The minimum atomic E-state index is 0.197. The second kappa shape index (κ2) is 6.89. The molecule has 1 unspecified atom stereocenters. The Labute approximate surface area is 100 Å². The van der Waals surface area contributed by atoms with Gasteiger partial charge in [0.2, 0.25) is 5.91 Å². The summed E-state index contributed by atoms with van der Waals surface area (Å²) in [5, 5.41) is 0. The predicted molar refractivity (Wildman–Crippen MR) is 69.2 cm³/mol. The third kappa shape index (κ3) is 5.50. The standard InChI is InChI=1S/C13H28N2O/c1-6-15(9-7-8-14)12(16)10-11(2)13(3,4)5/h11H,6-10,14H2,1-5H3. The molecule has 0 spiro atoms. The highest BCUT2D eigenvalue weighted by Gasteiger charge is 2.24. The lowest BCUT2D eigenvalue weighted by Crippen LogP contribution is -2.35. The van der Waals surface area contributed by atoms with Gasteiger partial charge in [-0.15, -0.1) is 0 Å². The van der Waals surface area contributed by atoms with Gasteiger partial charge in [0.1, 0.15) is 0 Å². The Bertz CT molecular complexity index is 208. The Morgan fingerprint density at radius 3 is 2.31 bits per heavy atom. The third-order valence-corrected chi connectivity index (χ3v) is 3.33. The highest BCUT2D eigenvalue weighted by Crippen LogP contribution is 2.28. The van der Waals surface area contributed by atoms with Gasteiger partial charge in [0.15, 0.2) is 0 Å². The van der Waals surface area contributed by atoms with E-state index in [9.17, 15) is 4.79 Å². The van der Waals surface area contributed by atoms with E-state index in [2.05, 4.69) is 27.7 Å². The predicted octanol–water partition coefficient (Wildman–Crippen LogP) is 2.26. The SMILES string of the molecule is CCN(CCCN)C(=O)CC(C)C(C)(C)C. The molecule has 0 rings (SSSR count). The van der Waals surface area contributed by atoms with Crippen LogP contribution in [0.3, 0.4) is 0 Å². The summed E-state index contributed by atoms with van der Waals surface area (Å²) >= 11 is 0. The molecule has 0 fully saturated rings. The quantitative estimate of drug-likeness (QED) is 0.758. The maximum absolute atomic E-state index is 12.0. The number of carbonyl (C=O) groups is 1. The first-order valence-electron chi connectivity index (χ1n) is 6.30. The molecule has 1 atom stereocenters. The van der Waals surface area contributed by atoms with Crippen LogP contribution in [0.1, 0.15) is 47.5 Å². The smallest absolute Gasteiger partial charge is 0.222 e. The lowest BCUT2D eigenvalue weighted by Gasteiger charge is -2.29. The minimum Gasteiger partial charge on any atom is -0.343 e. The number of rotatable bonds is 6. The second-order valence-corrected chi connectivity index (χ2v) is 5.59. The minimum absolute atomic E-state index is 0.197. The molecule has 0 saturated heterocycles. The first-order valence-corrected chi connectivity index (χ1v) is 6.30. The Kier molecular flexibility index (Phi) is 6.65. The first-order chi connectivity index (χ1) is 7.32. The fraction of sp³-hybridized carbons (Fsp3) is 0.923. The van der Waals surface area contributed by atoms with E-state index < -0.39 is 0 Å². The number of hydrogen-bond acceptors (Lipinski definition) is 2. The molecular formula is C13H28N2O. The zero-order chi connectivity index (χ0) is 12.8. The molecular weight excluding hydrogens is 200 g/mol. The van der Waals surface area contributed by atoms with Crippen LogP contribution in [0.5, 0.6) is 0 Å². The summed E-state index contributed by atoms with van der Waals surface area (Å²) in [5.41, 5.74) is 5.66. The van der Waals surface area contributed by atoms with Crippen molar-refractivity contribution in [3.8, 4) is 0 Å². The van der Waals surface area contributed by atoms with Crippen molar-refractivity contribution in [2.24, 2.45) is 17.1 Å². The molecule has 0 saturated carbocycles. The van der Waals surface area contributed by atoms with Crippen LogP contribution in [0.4, 0.5) is 0 Å². The van der Waals surface area contributed by atoms with Crippen LogP contribution < -0.4 is 5.73 Å². The lowest BCUT2D eigenvalue weighted by molar-refractivity contribution is -0.132. The summed E-state index contributed by atoms with van der Waals surface area (Å²) < 4.78 is 0. The largest absolute Gasteiger partial charge is 0.343 e. The van der Waals surface area contributed by atoms with Crippen molar-refractivity contribution < 1.29 is 4.79 Å². The van der Waals surface area contributed by atoms with Gasteiger partial charge in [0.25, 0.3) is 0 Å². The van der Waals surface area contributed by atoms with Gasteiger partial charge in [-0.25, -0.2) is 0 Å². The van der Waals surface area contributed by atoms with Crippen LogP contribution >= 0.6 is 0 Å². The van der Waals surface area contributed by atoms with Gasteiger partial charge >= 0.3 is 0 Å². The molecule has 0 aromatic rings. The van der Waals surface area contributed by atoms with E-state index in [4.69, 9.17) is 5.73 Å². The van der Waals surface area contributed by atoms with Crippen LogP contribution in [0.15, 0.2) is 0 Å². The summed E-state index contributed by atoms with van der Waals surface area (Å²) in [6.45, 7) is 12.9. The van der Waals surface area contributed by atoms with Crippen molar-refractivity contribution in [2.45, 2.75) is 47.5 Å². The Hall–Kier alpha value is -0.570. The van der Waals surface area contributed by atoms with Crippen molar-refractivity contribution in [1.29, 1.82) is 0 Å². The molecule has 0 bridgehead atoms. The van der Waals surface area contributed by atoms with Gasteiger partial charge in [-0.3, -0.25) is 4.79 Å². The highest BCUT2D eigenvalue weighted by molar-refractivity contribution is 5.76. The molecule has 0 aromatic carbocycles. The molecule has 0 heterocycles. The normalized spacial score (nSPS) is 13.6. The van der Waals surface area contributed by atoms with E-state index in [1.165, 1.54) is 0 Å². The van der Waals surface area contributed by atoms with Crippen molar-refractivity contribution in [2.75, 3.05) is 19.6 Å². The first kappa shape index (κ1) is 15.4. The second-order valence-electron chi connectivity index (χ2n) is 5.59. The number of nitrogens with two attached hydrogens (primary N) is 1. The number of nitrogens with zero attached hydrogens (tertiary/aromatic N) is 1. The van der Waals surface area contributed by atoms with E-state index in [1.54, 1.807) is 0 Å². The molecule has 2 N–H and O–H groups in total. The molecule has 3 nitrogen and oxygen atoms in total. The van der Waals surface area contributed by atoms with E-state index in [0.29, 0.717) is 18.9 Å². The third-order valence-electron chi connectivity index (χ3n) is 3.33. The summed E-state index contributed by atoms with van der Waals surface area (Å²) in [6, 6.07) is 0. The van der Waals surface area contributed by atoms with Gasteiger partial charge in [0, 0.05) is 19.5 Å². The maximum Gasteiger partial charge on any atom is 0.222 e. The van der Waals surface area contributed by atoms with E-state index in [1.807, 2.05) is 11.8 Å². The maximum atomic E-state index is 12.0. The van der Waals surface area contributed by atoms with Gasteiger partial charge in [-0.05, 0) is 31.2 Å². The molecule has 0 aliphatic carbocycles. The van der Waals surface area contributed by atoms with Gasteiger partial charge < -0.3 is 10.6 Å². The van der Waals surface area contributed by atoms with E-state index in [-0.39, 0.29) is 11.3 Å². The topological polar surface area (TPSA) is 46.3 Å². The average molecular weight is 228 g/mol. The Balaban J connectivity index is 4.21. The van der Waals surface area contributed by atoms with Crippen molar-refractivity contribution >= 4 is 5.91 Å². The number of hydrogen-bond donors (Lipinski definition) is 1. The lowest BCUT2D eigenvalue weighted by atomic mass is 9.80. The van der Waals surface area contributed by atoms with Gasteiger partial charge in [0.05, 0.1) is 0 Å². The zero-order valence-electron chi connectivity index (χ0n) is 11.5. The summed E-state index contributed by atoms with van der Waals surface area (Å²) in [7, 11) is 0. The van der Waals surface area contributed by atoms with Crippen molar-refractivity contribution in [1.82, 2.24) is 4.90 Å². The van der Waals surface area contributed by atoms with Gasteiger partial charge in [-0.2, -0.15) is 0 Å². The van der Waals surface area contributed by atoms with Crippen molar-refractivity contribution in [3.05, 3.63) is 0 Å². The fourth-order valence-corrected chi connectivity index (χ4v) is 1.44. The van der Waals surface area contributed by atoms with Crippen molar-refractivity contribution in [3.63, 3.8) is 0 Å². The highest BCUT2D eigenvalue weighted by atomic mass is 16.2. The zero-order valence-corrected chi connectivity index (χ0v) is 11.5. The van der Waals surface area contributed by atoms with Crippen LogP contribution in [-0.4, -0.2) is 30.4 Å². The molecule has 16 heavy (non-hydrogen) atoms. The van der Waals surface area contributed by atoms with Crippen LogP contribution in [0.2, 0.25) is 0 Å². The summed E-state index contributed by atoms with van der Waals surface area (Å²) in [4.78, 5) is 13.9. The molecule has 96 valence electrons. The summed E-state index contributed by atoms with van der Waals surface area (Å²) in [6.07, 6.45) is 1.53. The molecule has 3 heteroatoms. The Morgan fingerprint density at radius 1 is 1.38 bits per heavy atom. The summed E-state index contributed by atoms with van der Waals surface area (Å²) in [5.74, 6) is 0.672. The monoisotopic (exact) mass is 228 g/mol. The van der Waals surface area contributed by atoms with Crippen LogP contribution in [0.25, 0.3) is 0 Å². The van der Waals surface area contributed by atoms with E-state index >= 15 is 0 Å². The van der Waals surface area contributed by atoms with Crippen LogP contribution in [0, 0.1) is 11.3 Å². The van der Waals surface area contributed by atoms with Crippen LogP contribution in [-0.2, 0) is 4.79 Å². The number of amides is 1. The average Bonchev–Trinajstić information content (AvgIpc) is 2.17. The molecule has 0 aliphatic rings. The molecule has 0 radical (unpaired) electrons. The van der Waals surface area contributed by atoms with E-state index in [0.717, 1.165) is 19.5 Å². The van der Waals surface area contributed by atoms with Gasteiger partial charge in [-0.1, -0.05) is 27.7 Å². The molecule has 1 amide bonds. The fourth-order valence-electron chi connectivity index (χ4n) is 1.44. The molecule has 0 aliphatic heterocycles. The Morgan fingerprint density at radius 2 is 1.94 bits per heavy atom. The molecule has 0 aromatic heterocycles. The number of carbonyl (C=O) groups excluding carboxylic acids is 1.